The van der Waals surface area contributed by atoms with E-state index >= 15 is 0 Å². The smallest absolute Gasteiger partial charge is 0.119 e. The largest absolute Gasteiger partial charge is 0.491 e. The number of nitrogens with two attached hydrogens (primary N) is 1. The molecule has 0 saturated heterocycles. The maximum Gasteiger partial charge on any atom is 0.119 e. The van der Waals surface area contributed by atoms with Crippen molar-refractivity contribution in [3.05, 3.63) is 52.2 Å². The molecule has 0 radical (unpaired) electrons. The lowest BCUT2D eigenvalue weighted by Crippen LogP contribution is -2.10. The van der Waals surface area contributed by atoms with Crippen LogP contribution in [0.1, 0.15) is 10.4 Å². The van der Waals surface area contributed by atoms with Gasteiger partial charge in [-0.1, -0.05) is 18.3 Å². The zero-order valence-corrected chi connectivity index (χ0v) is 12.7. The zero-order valence-electron chi connectivity index (χ0n) is 11.1. The van der Waals surface area contributed by atoms with E-state index in [0.29, 0.717) is 18.2 Å². The molecule has 0 unspecified atom stereocenters. The molecular weight excluding hydrogens is 290 g/mol. The molecule has 2 aromatic rings. The zero-order chi connectivity index (χ0) is 14.2. The van der Waals surface area contributed by atoms with Crippen molar-refractivity contribution >= 4 is 28.5 Å². The van der Waals surface area contributed by atoms with Crippen LogP contribution in [0.5, 0.6) is 5.75 Å². The molecule has 0 fully saturated rings. The minimum atomic E-state index is 0.397. The van der Waals surface area contributed by atoms with Crippen molar-refractivity contribution in [2.24, 2.45) is 5.73 Å². The van der Waals surface area contributed by atoms with Gasteiger partial charge in [0.25, 0.3) is 0 Å². The van der Waals surface area contributed by atoms with Crippen LogP contribution in [-0.4, -0.2) is 24.8 Å². The van der Waals surface area contributed by atoms with Gasteiger partial charge in [-0.15, -0.1) is 11.3 Å². The van der Waals surface area contributed by atoms with E-state index < -0.39 is 0 Å². The van der Waals surface area contributed by atoms with Crippen molar-refractivity contribution in [3.8, 4) is 5.75 Å². The summed E-state index contributed by atoms with van der Waals surface area (Å²) in [5.74, 6) is 0.798. The lowest BCUT2D eigenvalue weighted by molar-refractivity contribution is 0.103. The van der Waals surface area contributed by atoms with Crippen molar-refractivity contribution in [3.63, 3.8) is 0 Å². The molecule has 0 aliphatic carbocycles. The normalized spacial score (nSPS) is 10.4. The molecule has 3 nitrogen and oxygen atoms in total. The Balaban J connectivity index is 1.59. The molecule has 1 heterocycles. The van der Waals surface area contributed by atoms with Crippen molar-refractivity contribution in [1.29, 1.82) is 0 Å². The number of thiocarbonyl (C=S) groups is 1. The van der Waals surface area contributed by atoms with Crippen LogP contribution in [0.25, 0.3) is 0 Å². The maximum absolute atomic E-state index is 5.57. The van der Waals surface area contributed by atoms with Gasteiger partial charge in [-0.25, -0.2) is 0 Å². The average molecular weight is 307 g/mol. The fourth-order valence-electron chi connectivity index (χ4n) is 1.66. The van der Waals surface area contributed by atoms with Crippen LogP contribution in [0.4, 0.5) is 0 Å². The first-order valence-electron chi connectivity index (χ1n) is 6.38. The van der Waals surface area contributed by atoms with Crippen LogP contribution in [0.15, 0.2) is 41.8 Å². The van der Waals surface area contributed by atoms with E-state index in [9.17, 15) is 0 Å². The number of hydrogen-bond acceptors (Lipinski definition) is 4. The van der Waals surface area contributed by atoms with Crippen LogP contribution in [-0.2, 0) is 11.2 Å². The first-order chi connectivity index (χ1) is 9.75. The number of hydrogen-bond donors (Lipinski definition) is 1. The summed E-state index contributed by atoms with van der Waals surface area (Å²) in [6, 6.07) is 11.6. The second-order valence-electron chi connectivity index (χ2n) is 4.18. The maximum atomic E-state index is 5.57. The molecule has 5 heteroatoms. The molecule has 106 valence electrons. The Labute approximate surface area is 128 Å². The third-order valence-electron chi connectivity index (χ3n) is 2.71. The molecule has 20 heavy (non-hydrogen) atoms. The third-order valence-corrected chi connectivity index (χ3v) is 3.88. The highest BCUT2D eigenvalue weighted by Gasteiger charge is 1.98. The predicted molar refractivity (Wildman–Crippen MR) is 86.7 cm³/mol. The van der Waals surface area contributed by atoms with Crippen LogP contribution >= 0.6 is 23.6 Å². The fraction of sp³-hybridized carbons (Fsp3) is 0.267. The molecule has 0 atom stereocenters. The van der Waals surface area contributed by atoms with E-state index in [1.807, 2.05) is 24.3 Å². The highest BCUT2D eigenvalue weighted by Crippen LogP contribution is 2.12. The summed E-state index contributed by atoms with van der Waals surface area (Å²) in [7, 11) is 0. The Bertz CT molecular complexity index is 523. The summed E-state index contributed by atoms with van der Waals surface area (Å²) in [6.07, 6.45) is 0.959. The van der Waals surface area contributed by atoms with Gasteiger partial charge in [-0.2, -0.15) is 0 Å². The van der Waals surface area contributed by atoms with Gasteiger partial charge in [0.2, 0.25) is 0 Å². The number of ether oxygens (including phenoxy) is 2. The van der Waals surface area contributed by atoms with E-state index in [0.717, 1.165) is 24.3 Å². The van der Waals surface area contributed by atoms with Gasteiger partial charge in [0, 0.05) is 16.9 Å². The summed E-state index contributed by atoms with van der Waals surface area (Å²) in [4.78, 5) is 1.74. The first-order valence-corrected chi connectivity index (χ1v) is 7.67. The minimum Gasteiger partial charge on any atom is -0.491 e. The highest BCUT2D eigenvalue weighted by molar-refractivity contribution is 7.80. The van der Waals surface area contributed by atoms with Gasteiger partial charge >= 0.3 is 0 Å². The molecule has 1 aromatic heterocycles. The Kier molecular flexibility index (Phi) is 5.98. The SMILES string of the molecule is NC(=S)c1ccc(OCCOCCc2cccs2)cc1. The molecular formula is C15H17NO2S2. The Morgan fingerprint density at radius 3 is 2.55 bits per heavy atom. The quantitative estimate of drug-likeness (QED) is 0.601. The summed E-state index contributed by atoms with van der Waals surface area (Å²) in [6.45, 7) is 1.85. The van der Waals surface area contributed by atoms with Gasteiger partial charge < -0.3 is 15.2 Å². The van der Waals surface area contributed by atoms with Crippen molar-refractivity contribution in [1.82, 2.24) is 0 Å². The minimum absolute atomic E-state index is 0.397. The standard InChI is InChI=1S/C15H17NO2S2/c16-15(19)12-3-5-13(6-4-12)18-10-9-17-8-7-14-2-1-11-20-14/h1-6,11H,7-10H2,(H2,16,19). The molecule has 0 bridgehead atoms. The van der Waals surface area contributed by atoms with E-state index in [2.05, 4.69) is 17.5 Å². The highest BCUT2D eigenvalue weighted by atomic mass is 32.1. The molecule has 0 aliphatic rings. The van der Waals surface area contributed by atoms with E-state index in [-0.39, 0.29) is 0 Å². The number of thiophene rings is 1. The van der Waals surface area contributed by atoms with Crippen LogP contribution in [0.2, 0.25) is 0 Å². The lowest BCUT2D eigenvalue weighted by atomic mass is 10.2. The van der Waals surface area contributed by atoms with Gasteiger partial charge in [-0.3, -0.25) is 0 Å². The number of rotatable bonds is 8. The molecule has 1 aromatic carbocycles. The van der Waals surface area contributed by atoms with E-state index in [4.69, 9.17) is 27.4 Å². The second kappa shape index (κ2) is 7.99. The van der Waals surface area contributed by atoms with Crippen LogP contribution in [0, 0.1) is 0 Å². The molecule has 0 saturated carbocycles. The summed E-state index contributed by atoms with van der Waals surface area (Å²) >= 11 is 6.65. The molecule has 0 spiro atoms. The van der Waals surface area contributed by atoms with Crippen molar-refractivity contribution in [2.45, 2.75) is 6.42 Å². The summed E-state index contributed by atoms with van der Waals surface area (Å²) < 4.78 is 11.1. The Morgan fingerprint density at radius 2 is 1.90 bits per heavy atom. The van der Waals surface area contributed by atoms with Crippen LogP contribution in [0.3, 0.4) is 0 Å². The van der Waals surface area contributed by atoms with Gasteiger partial charge in [0.1, 0.15) is 17.3 Å². The Hall–Kier alpha value is -1.43. The van der Waals surface area contributed by atoms with Gasteiger partial charge in [-0.05, 0) is 35.7 Å². The van der Waals surface area contributed by atoms with Gasteiger partial charge in [0.15, 0.2) is 0 Å². The van der Waals surface area contributed by atoms with Gasteiger partial charge in [0.05, 0.1) is 13.2 Å². The molecule has 0 amide bonds. The predicted octanol–water partition coefficient (Wildman–Crippen LogP) is 3.02. The third kappa shape index (κ3) is 4.92. The summed E-state index contributed by atoms with van der Waals surface area (Å²) in [5.41, 5.74) is 6.38. The fourth-order valence-corrected chi connectivity index (χ4v) is 2.49. The number of benzene rings is 1. The van der Waals surface area contributed by atoms with Crippen molar-refractivity contribution < 1.29 is 9.47 Å². The molecule has 0 aliphatic heterocycles. The topological polar surface area (TPSA) is 44.5 Å². The Morgan fingerprint density at radius 1 is 1.10 bits per heavy atom. The van der Waals surface area contributed by atoms with E-state index in [1.54, 1.807) is 11.3 Å². The molecule has 2 N–H and O–H groups in total. The summed E-state index contributed by atoms with van der Waals surface area (Å²) in [5, 5.41) is 2.08. The molecule has 2 rings (SSSR count). The lowest BCUT2D eigenvalue weighted by Gasteiger charge is -2.07. The second-order valence-corrected chi connectivity index (χ2v) is 5.65. The van der Waals surface area contributed by atoms with E-state index in [1.165, 1.54) is 4.88 Å². The van der Waals surface area contributed by atoms with Crippen molar-refractivity contribution in [2.75, 3.05) is 19.8 Å². The average Bonchev–Trinajstić information content (AvgIpc) is 2.96. The monoisotopic (exact) mass is 307 g/mol. The van der Waals surface area contributed by atoms with Crippen LogP contribution < -0.4 is 10.5 Å². The first kappa shape index (κ1) is 15.0.